The molecular weight excluding hydrogens is 348 g/mol. The Labute approximate surface area is 160 Å². The molecule has 1 aliphatic rings. The molecule has 2 amide bonds. The summed E-state index contributed by atoms with van der Waals surface area (Å²) in [5.74, 6) is 0.125. The van der Waals surface area contributed by atoms with E-state index in [0.29, 0.717) is 31.0 Å². The molecule has 7 nitrogen and oxygen atoms in total. The molecule has 1 aliphatic heterocycles. The second-order valence-electron chi connectivity index (χ2n) is 7.89. The number of nitrogens with one attached hydrogen (secondary N) is 1. The first kappa shape index (κ1) is 20.9. The maximum atomic E-state index is 12.6. The number of aliphatic carboxylic acids is 1. The van der Waals surface area contributed by atoms with Crippen LogP contribution < -0.4 is 14.8 Å². The Bertz CT molecular complexity index is 689. The molecule has 2 N–H and O–H groups in total. The number of hydrogen-bond donors (Lipinski definition) is 2. The van der Waals surface area contributed by atoms with E-state index < -0.39 is 11.9 Å². The van der Waals surface area contributed by atoms with Crippen LogP contribution in [0, 0.1) is 11.8 Å². The van der Waals surface area contributed by atoms with Crippen molar-refractivity contribution in [1.29, 1.82) is 0 Å². The Morgan fingerprint density at radius 2 is 1.89 bits per heavy atom. The number of likely N-dealkylation sites (tertiary alicyclic amines) is 1. The first-order valence-corrected chi connectivity index (χ1v) is 9.16. The monoisotopic (exact) mass is 378 g/mol. The van der Waals surface area contributed by atoms with Crippen molar-refractivity contribution >= 4 is 12.0 Å². The minimum absolute atomic E-state index is 0.171. The molecule has 150 valence electrons. The number of methoxy groups -OCH3 is 2. The Morgan fingerprint density at radius 3 is 2.48 bits per heavy atom. The summed E-state index contributed by atoms with van der Waals surface area (Å²) in [5, 5.41) is 12.2. The number of nitrogens with zero attached hydrogens (tertiary/aromatic N) is 1. The fraction of sp³-hybridized carbons (Fsp3) is 0.600. The van der Waals surface area contributed by atoms with Gasteiger partial charge in [-0.15, -0.1) is 0 Å². The number of carbonyl (C=O) groups excluding carboxylic acids is 1. The summed E-state index contributed by atoms with van der Waals surface area (Å²) < 4.78 is 10.6. The lowest BCUT2D eigenvalue weighted by Gasteiger charge is -2.35. The zero-order valence-corrected chi connectivity index (χ0v) is 16.7. The van der Waals surface area contributed by atoms with E-state index in [1.807, 2.05) is 39.0 Å². The predicted molar refractivity (Wildman–Crippen MR) is 102 cm³/mol. The highest BCUT2D eigenvalue weighted by atomic mass is 16.5. The Kier molecular flexibility index (Phi) is 6.57. The second-order valence-corrected chi connectivity index (χ2v) is 7.89. The molecule has 0 aromatic heterocycles. The van der Waals surface area contributed by atoms with Gasteiger partial charge in [0.1, 0.15) is 0 Å². The highest BCUT2D eigenvalue weighted by molar-refractivity contribution is 5.76. The zero-order chi connectivity index (χ0) is 20.2. The van der Waals surface area contributed by atoms with E-state index in [-0.39, 0.29) is 23.9 Å². The molecule has 1 fully saturated rings. The number of piperidine rings is 1. The van der Waals surface area contributed by atoms with Gasteiger partial charge in [0.15, 0.2) is 11.5 Å². The molecule has 1 aromatic rings. The fourth-order valence-corrected chi connectivity index (χ4v) is 3.46. The summed E-state index contributed by atoms with van der Waals surface area (Å²) >= 11 is 0. The van der Waals surface area contributed by atoms with Gasteiger partial charge in [0.25, 0.3) is 0 Å². The van der Waals surface area contributed by atoms with Gasteiger partial charge in [-0.25, -0.2) is 4.79 Å². The maximum Gasteiger partial charge on any atom is 0.317 e. The number of carboxylic acid groups (broad SMARTS) is 1. The van der Waals surface area contributed by atoms with Crippen LogP contribution in [0.2, 0.25) is 0 Å². The number of amides is 2. The summed E-state index contributed by atoms with van der Waals surface area (Å²) in [6, 6.07) is 5.49. The summed E-state index contributed by atoms with van der Waals surface area (Å²) in [5.41, 5.74) is 0.680. The van der Waals surface area contributed by atoms with E-state index in [1.165, 1.54) is 0 Å². The minimum Gasteiger partial charge on any atom is -0.493 e. The fourth-order valence-electron chi connectivity index (χ4n) is 3.46. The van der Waals surface area contributed by atoms with Crippen molar-refractivity contribution in [3.63, 3.8) is 0 Å². The number of hydrogen-bond acceptors (Lipinski definition) is 4. The van der Waals surface area contributed by atoms with Crippen LogP contribution >= 0.6 is 0 Å². The van der Waals surface area contributed by atoms with Crippen LogP contribution in [0.25, 0.3) is 0 Å². The molecule has 1 saturated heterocycles. The second kappa shape index (κ2) is 8.50. The normalized spacial score (nSPS) is 20.1. The number of rotatable bonds is 6. The van der Waals surface area contributed by atoms with Gasteiger partial charge in [-0.2, -0.15) is 0 Å². The molecule has 2 rings (SSSR count). The van der Waals surface area contributed by atoms with Gasteiger partial charge in [-0.1, -0.05) is 26.8 Å². The average Bonchev–Trinajstić information content (AvgIpc) is 2.64. The van der Waals surface area contributed by atoms with Gasteiger partial charge < -0.3 is 24.8 Å². The molecule has 0 aliphatic carbocycles. The smallest absolute Gasteiger partial charge is 0.317 e. The van der Waals surface area contributed by atoms with Crippen LogP contribution in [0.15, 0.2) is 18.2 Å². The molecule has 7 heteroatoms. The van der Waals surface area contributed by atoms with Crippen LogP contribution in [0.4, 0.5) is 4.79 Å². The third-order valence-electron chi connectivity index (χ3n) is 5.14. The van der Waals surface area contributed by atoms with Crippen molar-refractivity contribution in [3.8, 4) is 11.5 Å². The van der Waals surface area contributed by atoms with E-state index in [0.717, 1.165) is 5.56 Å². The van der Waals surface area contributed by atoms with E-state index in [2.05, 4.69) is 5.32 Å². The van der Waals surface area contributed by atoms with Crippen molar-refractivity contribution in [2.24, 2.45) is 11.8 Å². The Hall–Kier alpha value is -2.44. The first-order valence-electron chi connectivity index (χ1n) is 9.16. The van der Waals surface area contributed by atoms with Crippen molar-refractivity contribution in [2.75, 3.05) is 33.9 Å². The quantitative estimate of drug-likeness (QED) is 0.795. The molecule has 0 radical (unpaired) electrons. The summed E-state index contributed by atoms with van der Waals surface area (Å²) in [6.07, 6.45) is 0.607. The Morgan fingerprint density at radius 1 is 1.22 bits per heavy atom. The van der Waals surface area contributed by atoms with Crippen LogP contribution in [-0.4, -0.2) is 55.9 Å². The molecule has 2 unspecified atom stereocenters. The van der Waals surface area contributed by atoms with Crippen LogP contribution in [-0.2, 0) is 10.2 Å². The third kappa shape index (κ3) is 5.05. The largest absolute Gasteiger partial charge is 0.493 e. The van der Waals surface area contributed by atoms with Gasteiger partial charge in [0, 0.05) is 25.0 Å². The first-order chi connectivity index (χ1) is 12.7. The molecule has 1 heterocycles. The minimum atomic E-state index is -0.843. The highest BCUT2D eigenvalue weighted by Gasteiger charge is 2.32. The molecule has 2 atom stereocenters. The van der Waals surface area contributed by atoms with E-state index in [1.54, 1.807) is 19.1 Å². The van der Waals surface area contributed by atoms with E-state index in [4.69, 9.17) is 9.47 Å². The van der Waals surface area contributed by atoms with E-state index >= 15 is 0 Å². The highest BCUT2D eigenvalue weighted by Crippen LogP contribution is 2.33. The van der Waals surface area contributed by atoms with Crippen molar-refractivity contribution in [1.82, 2.24) is 10.2 Å². The third-order valence-corrected chi connectivity index (χ3v) is 5.14. The molecule has 27 heavy (non-hydrogen) atoms. The number of carbonyl (C=O) groups is 2. The molecule has 1 aromatic carbocycles. The lowest BCUT2D eigenvalue weighted by Crippen LogP contribution is -2.51. The van der Waals surface area contributed by atoms with Crippen LogP contribution in [0.3, 0.4) is 0 Å². The zero-order valence-electron chi connectivity index (χ0n) is 16.7. The van der Waals surface area contributed by atoms with Crippen LogP contribution in [0.1, 0.15) is 32.8 Å². The predicted octanol–water partition coefficient (Wildman–Crippen LogP) is 2.73. The van der Waals surface area contributed by atoms with Gasteiger partial charge in [-0.05, 0) is 30.0 Å². The standard InChI is InChI=1S/C20H30N2O5/c1-13-8-14(18(23)24)11-22(10-13)19(25)21-12-20(2,3)15-6-7-16(26-4)17(9-15)27-5/h6-7,9,13-14H,8,10-12H2,1-5H3,(H,21,25)(H,23,24). The molecule has 0 saturated carbocycles. The lowest BCUT2D eigenvalue weighted by atomic mass is 9.84. The van der Waals surface area contributed by atoms with Gasteiger partial charge >= 0.3 is 12.0 Å². The molecule has 0 bridgehead atoms. The van der Waals surface area contributed by atoms with Crippen LogP contribution in [0.5, 0.6) is 11.5 Å². The summed E-state index contributed by atoms with van der Waals surface area (Å²) in [6.45, 7) is 7.29. The number of carboxylic acids is 1. The van der Waals surface area contributed by atoms with Crippen molar-refractivity contribution in [3.05, 3.63) is 23.8 Å². The van der Waals surface area contributed by atoms with E-state index in [9.17, 15) is 14.7 Å². The number of urea groups is 1. The van der Waals surface area contributed by atoms with Gasteiger partial charge in [0.2, 0.25) is 0 Å². The molecule has 0 spiro atoms. The Balaban J connectivity index is 2.03. The topological polar surface area (TPSA) is 88.1 Å². The summed E-state index contributed by atoms with van der Waals surface area (Å²) in [4.78, 5) is 25.5. The van der Waals surface area contributed by atoms with Crippen molar-refractivity contribution < 1.29 is 24.2 Å². The average molecular weight is 378 g/mol. The molecular formula is C20H30N2O5. The van der Waals surface area contributed by atoms with Crippen molar-refractivity contribution in [2.45, 2.75) is 32.6 Å². The lowest BCUT2D eigenvalue weighted by molar-refractivity contribution is -0.143. The van der Waals surface area contributed by atoms with Gasteiger partial charge in [-0.3, -0.25) is 4.79 Å². The SMILES string of the molecule is COc1ccc(C(C)(C)CNC(=O)N2CC(C)CC(C(=O)O)C2)cc1OC. The summed E-state index contributed by atoms with van der Waals surface area (Å²) in [7, 11) is 3.18. The number of ether oxygens (including phenoxy) is 2. The maximum absolute atomic E-state index is 12.6. The van der Waals surface area contributed by atoms with Gasteiger partial charge in [0.05, 0.1) is 20.1 Å². The number of benzene rings is 1.